The number of nitrogen functional groups attached to an aromatic ring is 2. The van der Waals surface area contributed by atoms with Crippen LogP contribution < -0.4 is 32.7 Å². The van der Waals surface area contributed by atoms with E-state index >= 15 is 0 Å². The molecule has 3 atom stereocenters. The largest absolute Gasteiger partial charge is 0.480 e. The van der Waals surface area contributed by atoms with Crippen LogP contribution in [0.3, 0.4) is 0 Å². The van der Waals surface area contributed by atoms with Gasteiger partial charge < -0.3 is 47.3 Å². The minimum atomic E-state index is -1.21. The lowest BCUT2D eigenvalue weighted by molar-refractivity contribution is -0.139. The molecule has 5 rings (SSSR count). The number of ether oxygens (including phenoxy) is 2. The van der Waals surface area contributed by atoms with E-state index in [1.54, 1.807) is 77.3 Å². The number of rotatable bonds is 18. The number of amides is 4. The van der Waals surface area contributed by atoms with Gasteiger partial charge in [0.15, 0.2) is 17.0 Å². The van der Waals surface area contributed by atoms with Gasteiger partial charge in [-0.1, -0.05) is 31.2 Å². The number of alkyl carbamates (subject to hydrolysis) is 1. The number of nitrogens with zero attached hydrogens (tertiary/aromatic N) is 7. The van der Waals surface area contributed by atoms with Crippen molar-refractivity contribution in [2.24, 2.45) is 5.92 Å². The summed E-state index contributed by atoms with van der Waals surface area (Å²) < 4.78 is 11.7. The number of hydrogen-bond donors (Lipinski definition) is 7. The number of fused-ring (bicyclic) bond motifs is 1. The van der Waals surface area contributed by atoms with Gasteiger partial charge in [0.25, 0.3) is 5.91 Å². The van der Waals surface area contributed by atoms with E-state index in [-0.39, 0.29) is 47.5 Å². The number of carbonyl (C=O) groups is 6. The number of methoxy groups -OCH3 is 1. The van der Waals surface area contributed by atoms with Crippen molar-refractivity contribution in [3.8, 4) is 11.3 Å². The third kappa shape index (κ3) is 13.4. The third-order valence-electron chi connectivity index (χ3n) is 9.75. The standard InChI is InChI=1S/C43H53N13O9/c1-22(2)32(51-42(63)65-43(4,5)6)38(59)47-23(3)36(57)49-26-16-17-28(29(19-26)40(62)64-7)31-21-56(55-54-31)18-8-9-30(39(60)61)50-37(58)25-13-10-24(11-14-25)12-15-27-20-46-35-33(48-27)34(44)52-41(45)53-35/h10-11,13-14,16-17,19-23,30,32H,8-9,12,15,18H2,1-7H3,(H,47,59)(H,49,57)(H,50,58)(H,51,63)(H,60,61)(H4,44,45,46,52,53). The molecule has 3 heterocycles. The second-order valence-electron chi connectivity index (χ2n) is 16.4. The topological polar surface area (TPSA) is 324 Å². The molecule has 22 heteroatoms. The van der Waals surface area contributed by atoms with Crippen molar-refractivity contribution in [3.05, 3.63) is 77.2 Å². The highest BCUT2D eigenvalue weighted by molar-refractivity contribution is 6.02. The first kappa shape index (κ1) is 48.3. The zero-order chi connectivity index (χ0) is 47.6. The zero-order valence-corrected chi connectivity index (χ0v) is 37.0. The van der Waals surface area contributed by atoms with E-state index in [0.717, 1.165) is 5.56 Å². The SMILES string of the molecule is COC(=O)c1cc(NC(=O)C(C)NC(=O)C(NC(=O)OC(C)(C)C)C(C)C)ccc1-c1cn(CCCC(NC(=O)c2ccc(CCc3cnc4nc(N)nc(N)c4n3)cc2)C(=O)O)nn1. The maximum absolute atomic E-state index is 13.1. The van der Waals surface area contributed by atoms with Gasteiger partial charge in [-0.2, -0.15) is 9.97 Å². The molecule has 0 aliphatic heterocycles. The van der Waals surface area contributed by atoms with Crippen LogP contribution >= 0.6 is 0 Å². The van der Waals surface area contributed by atoms with Gasteiger partial charge in [0.2, 0.25) is 17.8 Å². The van der Waals surface area contributed by atoms with E-state index in [9.17, 15) is 33.9 Å². The van der Waals surface area contributed by atoms with Gasteiger partial charge >= 0.3 is 18.0 Å². The number of hydrogen-bond acceptors (Lipinski definition) is 16. The molecule has 0 radical (unpaired) electrons. The number of aromatic nitrogens is 7. The van der Waals surface area contributed by atoms with Gasteiger partial charge in [0.05, 0.1) is 30.8 Å². The van der Waals surface area contributed by atoms with E-state index in [1.165, 1.54) is 30.8 Å². The lowest BCUT2D eigenvalue weighted by atomic mass is 10.0. The summed E-state index contributed by atoms with van der Waals surface area (Å²) in [6, 6.07) is 8.04. The van der Waals surface area contributed by atoms with Crippen LogP contribution in [0.25, 0.3) is 22.4 Å². The Morgan fingerprint density at radius 3 is 2.28 bits per heavy atom. The number of carboxylic acids is 1. The second kappa shape index (κ2) is 21.1. The van der Waals surface area contributed by atoms with E-state index in [2.05, 4.69) is 51.5 Å². The van der Waals surface area contributed by atoms with Crippen molar-refractivity contribution in [1.82, 2.24) is 50.9 Å². The molecule has 5 aromatic rings. The first-order valence-electron chi connectivity index (χ1n) is 20.6. The van der Waals surface area contributed by atoms with Gasteiger partial charge in [0.1, 0.15) is 29.4 Å². The summed E-state index contributed by atoms with van der Waals surface area (Å²) in [4.78, 5) is 93.4. The monoisotopic (exact) mass is 895 g/mol. The number of esters is 1. The summed E-state index contributed by atoms with van der Waals surface area (Å²) in [5, 5.41) is 28.6. The first-order chi connectivity index (χ1) is 30.7. The average molecular weight is 896 g/mol. The van der Waals surface area contributed by atoms with Gasteiger partial charge in [-0.05, 0) is 95.2 Å². The molecule has 0 fully saturated rings. The number of carboxylic acid groups (broad SMARTS) is 1. The number of aliphatic carboxylic acids is 1. The molecule has 3 aromatic heterocycles. The van der Waals surface area contributed by atoms with Gasteiger partial charge in [-0.25, -0.2) is 24.4 Å². The second-order valence-corrected chi connectivity index (χ2v) is 16.4. The van der Waals surface area contributed by atoms with Gasteiger partial charge in [-0.15, -0.1) is 5.10 Å². The number of carbonyl (C=O) groups excluding carboxylic acids is 5. The minimum absolute atomic E-state index is 0.00918. The summed E-state index contributed by atoms with van der Waals surface area (Å²) in [6.45, 7) is 10.3. The molecule has 0 aliphatic carbocycles. The highest BCUT2D eigenvalue weighted by Gasteiger charge is 2.29. The Labute approximate surface area is 373 Å². The molecule has 344 valence electrons. The Hall–Kier alpha value is -7.78. The predicted octanol–water partition coefficient (Wildman–Crippen LogP) is 3.07. The Bertz CT molecular complexity index is 2560. The highest BCUT2D eigenvalue weighted by Crippen LogP contribution is 2.26. The normalized spacial score (nSPS) is 12.7. The maximum atomic E-state index is 13.1. The lowest BCUT2D eigenvalue weighted by Crippen LogP contribution is -2.54. The molecule has 9 N–H and O–H groups in total. The Morgan fingerprint density at radius 2 is 1.62 bits per heavy atom. The summed E-state index contributed by atoms with van der Waals surface area (Å²) in [6.07, 6.45) is 3.84. The molecule has 4 amide bonds. The molecule has 0 saturated heterocycles. The fourth-order valence-corrected chi connectivity index (χ4v) is 6.40. The van der Waals surface area contributed by atoms with Crippen molar-refractivity contribution in [2.75, 3.05) is 23.9 Å². The Balaban J connectivity index is 1.14. The predicted molar refractivity (Wildman–Crippen MR) is 237 cm³/mol. The van der Waals surface area contributed by atoms with Crippen LogP contribution in [0.5, 0.6) is 0 Å². The summed E-state index contributed by atoms with van der Waals surface area (Å²) in [5.74, 6) is -3.86. The van der Waals surface area contributed by atoms with Crippen LogP contribution in [0.15, 0.2) is 54.9 Å². The Kier molecular flexibility index (Phi) is 15.6. The molecule has 22 nitrogen and oxygen atoms in total. The zero-order valence-electron chi connectivity index (χ0n) is 37.0. The van der Waals surface area contributed by atoms with Gasteiger partial charge in [-0.3, -0.25) is 19.1 Å². The molecule has 65 heavy (non-hydrogen) atoms. The fraction of sp³-hybridized carbons (Fsp3) is 0.395. The quantitative estimate of drug-likeness (QED) is 0.0622. The highest BCUT2D eigenvalue weighted by atomic mass is 16.6. The van der Waals surface area contributed by atoms with Crippen molar-refractivity contribution < 1.29 is 43.3 Å². The molecule has 3 unspecified atom stereocenters. The molecular weight excluding hydrogens is 843 g/mol. The van der Waals surface area contributed by atoms with Gasteiger partial charge in [0, 0.05) is 23.4 Å². The van der Waals surface area contributed by atoms with Crippen LogP contribution in [-0.4, -0.2) is 107 Å². The molecule has 0 saturated carbocycles. The van der Waals surface area contributed by atoms with Crippen LogP contribution in [0, 0.1) is 5.92 Å². The minimum Gasteiger partial charge on any atom is -0.480 e. The number of aryl methyl sites for hydroxylation is 3. The number of nitrogens with two attached hydrogens (primary N) is 2. The van der Waals surface area contributed by atoms with Crippen LogP contribution in [0.1, 0.15) is 86.4 Å². The molecular formula is C43H53N13O9. The summed E-state index contributed by atoms with van der Waals surface area (Å²) >= 11 is 0. The van der Waals surface area contributed by atoms with Crippen LogP contribution in [0.4, 0.5) is 22.2 Å². The third-order valence-corrected chi connectivity index (χ3v) is 9.75. The van der Waals surface area contributed by atoms with Crippen LogP contribution in [0.2, 0.25) is 0 Å². The van der Waals surface area contributed by atoms with Crippen molar-refractivity contribution in [1.29, 1.82) is 0 Å². The van der Waals surface area contributed by atoms with Crippen molar-refractivity contribution >= 4 is 64.4 Å². The van der Waals surface area contributed by atoms with Crippen LogP contribution in [-0.2, 0) is 43.2 Å². The van der Waals surface area contributed by atoms with E-state index in [1.807, 2.05) is 0 Å². The molecule has 0 spiro atoms. The van der Waals surface area contributed by atoms with E-state index in [4.69, 9.17) is 20.9 Å². The number of anilines is 3. The van der Waals surface area contributed by atoms with E-state index in [0.29, 0.717) is 47.4 Å². The van der Waals surface area contributed by atoms with Crippen molar-refractivity contribution in [2.45, 2.75) is 97.5 Å². The smallest absolute Gasteiger partial charge is 0.408 e. The first-order valence-corrected chi connectivity index (χ1v) is 20.6. The summed E-state index contributed by atoms with van der Waals surface area (Å²) in [5.41, 5.74) is 14.2. The molecule has 0 bridgehead atoms. The number of nitrogens with one attached hydrogen (secondary N) is 4. The Morgan fingerprint density at radius 1 is 0.892 bits per heavy atom. The number of benzene rings is 2. The summed E-state index contributed by atoms with van der Waals surface area (Å²) in [7, 11) is 1.20. The molecule has 2 aromatic carbocycles. The maximum Gasteiger partial charge on any atom is 0.408 e. The molecule has 0 aliphatic rings. The average Bonchev–Trinajstić information content (AvgIpc) is 3.72. The van der Waals surface area contributed by atoms with E-state index < -0.39 is 59.5 Å². The lowest BCUT2D eigenvalue weighted by Gasteiger charge is -2.26. The fourth-order valence-electron chi connectivity index (χ4n) is 6.40. The van der Waals surface area contributed by atoms with Crippen molar-refractivity contribution in [3.63, 3.8) is 0 Å².